The first-order chi connectivity index (χ1) is 13.1. The quantitative estimate of drug-likeness (QED) is 0.497. The molecule has 140 valence electrons. The summed E-state index contributed by atoms with van der Waals surface area (Å²) in [6.07, 6.45) is 1.22. The van der Waals surface area contributed by atoms with Gasteiger partial charge in [0, 0.05) is 36.9 Å². The molecular formula is C22H24N2OS2. The number of amides is 1. The van der Waals surface area contributed by atoms with Crippen LogP contribution in [0.15, 0.2) is 70.3 Å². The van der Waals surface area contributed by atoms with Crippen molar-refractivity contribution >= 4 is 40.4 Å². The van der Waals surface area contributed by atoms with E-state index in [4.69, 9.17) is 0 Å². The van der Waals surface area contributed by atoms with Gasteiger partial charge in [-0.15, -0.1) is 11.8 Å². The molecule has 2 aromatic carbocycles. The van der Waals surface area contributed by atoms with Crippen molar-refractivity contribution in [2.45, 2.75) is 23.5 Å². The maximum absolute atomic E-state index is 12.4. The van der Waals surface area contributed by atoms with Crippen LogP contribution in [0, 0.1) is 0 Å². The van der Waals surface area contributed by atoms with Crippen LogP contribution in [0.1, 0.15) is 17.5 Å². The molecule has 1 heterocycles. The number of thioether (sulfide) groups is 1. The molecule has 5 heteroatoms. The maximum Gasteiger partial charge on any atom is 0.224 e. The van der Waals surface area contributed by atoms with Crippen LogP contribution in [-0.4, -0.2) is 20.0 Å². The summed E-state index contributed by atoms with van der Waals surface area (Å²) >= 11 is 3.46. The number of carbonyl (C=O) groups is 1. The Morgan fingerprint density at radius 2 is 1.81 bits per heavy atom. The Hall–Kier alpha value is -2.24. The van der Waals surface area contributed by atoms with E-state index in [1.165, 1.54) is 16.8 Å². The highest BCUT2D eigenvalue weighted by molar-refractivity contribution is 7.98. The van der Waals surface area contributed by atoms with Crippen molar-refractivity contribution < 1.29 is 4.79 Å². The minimum Gasteiger partial charge on any atom is -0.378 e. The van der Waals surface area contributed by atoms with Crippen LogP contribution in [0.25, 0.3) is 0 Å². The monoisotopic (exact) mass is 396 g/mol. The molecule has 0 spiro atoms. The third kappa shape index (κ3) is 5.88. The molecule has 1 N–H and O–H groups in total. The summed E-state index contributed by atoms with van der Waals surface area (Å²) in [4.78, 5) is 15.6. The first kappa shape index (κ1) is 19.5. The lowest BCUT2D eigenvalue weighted by atomic mass is 10.1. The van der Waals surface area contributed by atoms with E-state index in [0.29, 0.717) is 6.42 Å². The molecule has 0 aliphatic carbocycles. The Labute approximate surface area is 169 Å². The van der Waals surface area contributed by atoms with Crippen LogP contribution >= 0.6 is 23.1 Å². The summed E-state index contributed by atoms with van der Waals surface area (Å²) in [7, 11) is 4.05. The lowest BCUT2D eigenvalue weighted by molar-refractivity contribution is -0.116. The largest absolute Gasteiger partial charge is 0.378 e. The molecule has 3 rings (SSSR count). The Balaban J connectivity index is 1.54. The SMILES string of the molecule is CN(C)c1ccc(CCC(=O)Nc2ccccc2SCc2ccsc2)cc1. The lowest BCUT2D eigenvalue weighted by Crippen LogP contribution is -2.13. The summed E-state index contributed by atoms with van der Waals surface area (Å²) in [5.74, 6) is 0.962. The molecule has 0 unspecified atom stereocenters. The minimum atomic E-state index is 0.0512. The van der Waals surface area contributed by atoms with E-state index < -0.39 is 0 Å². The Morgan fingerprint density at radius 1 is 1.04 bits per heavy atom. The van der Waals surface area contributed by atoms with Crippen LogP contribution < -0.4 is 10.2 Å². The minimum absolute atomic E-state index is 0.0512. The van der Waals surface area contributed by atoms with E-state index in [1.807, 2.05) is 32.3 Å². The van der Waals surface area contributed by atoms with Crippen molar-refractivity contribution in [1.29, 1.82) is 0 Å². The molecule has 0 bridgehead atoms. The van der Waals surface area contributed by atoms with Gasteiger partial charge < -0.3 is 10.2 Å². The van der Waals surface area contributed by atoms with Crippen molar-refractivity contribution in [1.82, 2.24) is 0 Å². The number of hydrogen-bond acceptors (Lipinski definition) is 4. The van der Waals surface area contributed by atoms with E-state index in [0.717, 1.165) is 22.8 Å². The smallest absolute Gasteiger partial charge is 0.224 e. The van der Waals surface area contributed by atoms with Crippen molar-refractivity contribution in [3.05, 3.63) is 76.5 Å². The van der Waals surface area contributed by atoms with Gasteiger partial charge in [-0.2, -0.15) is 11.3 Å². The number of nitrogens with zero attached hydrogens (tertiary/aromatic N) is 1. The molecule has 1 amide bonds. The van der Waals surface area contributed by atoms with Gasteiger partial charge in [-0.05, 0) is 58.6 Å². The average molecular weight is 397 g/mol. The van der Waals surface area contributed by atoms with E-state index in [2.05, 4.69) is 57.4 Å². The molecule has 0 saturated heterocycles. The van der Waals surface area contributed by atoms with Gasteiger partial charge in [-0.25, -0.2) is 0 Å². The number of rotatable bonds is 8. The van der Waals surface area contributed by atoms with Gasteiger partial charge >= 0.3 is 0 Å². The third-order valence-electron chi connectivity index (χ3n) is 4.23. The molecule has 0 radical (unpaired) electrons. The van der Waals surface area contributed by atoms with E-state index in [-0.39, 0.29) is 5.91 Å². The first-order valence-corrected chi connectivity index (χ1v) is 10.8. The fourth-order valence-corrected chi connectivity index (χ4v) is 4.39. The molecular weight excluding hydrogens is 372 g/mol. The zero-order valence-electron chi connectivity index (χ0n) is 15.6. The normalized spacial score (nSPS) is 10.6. The molecule has 1 aromatic heterocycles. The van der Waals surface area contributed by atoms with Gasteiger partial charge in [0.1, 0.15) is 0 Å². The van der Waals surface area contributed by atoms with Gasteiger partial charge in [-0.1, -0.05) is 24.3 Å². The van der Waals surface area contributed by atoms with E-state index >= 15 is 0 Å². The fraction of sp³-hybridized carbons (Fsp3) is 0.227. The molecule has 3 aromatic rings. The molecule has 27 heavy (non-hydrogen) atoms. The highest BCUT2D eigenvalue weighted by Crippen LogP contribution is 2.30. The van der Waals surface area contributed by atoms with E-state index in [1.54, 1.807) is 23.1 Å². The summed E-state index contributed by atoms with van der Waals surface area (Å²) in [5.41, 5.74) is 4.55. The van der Waals surface area contributed by atoms with Crippen molar-refractivity contribution in [2.24, 2.45) is 0 Å². The number of benzene rings is 2. The second kappa shape index (κ2) is 9.62. The zero-order valence-corrected chi connectivity index (χ0v) is 17.3. The van der Waals surface area contributed by atoms with Crippen molar-refractivity contribution in [3.8, 4) is 0 Å². The lowest BCUT2D eigenvalue weighted by Gasteiger charge is -2.13. The van der Waals surface area contributed by atoms with E-state index in [9.17, 15) is 4.79 Å². The highest BCUT2D eigenvalue weighted by atomic mass is 32.2. The van der Waals surface area contributed by atoms with Crippen LogP contribution in [0.5, 0.6) is 0 Å². The molecule has 0 atom stereocenters. The zero-order chi connectivity index (χ0) is 19.1. The summed E-state index contributed by atoms with van der Waals surface area (Å²) in [5, 5.41) is 7.33. The van der Waals surface area contributed by atoms with Crippen LogP contribution in [0.2, 0.25) is 0 Å². The number of hydrogen-bond donors (Lipinski definition) is 1. The summed E-state index contributed by atoms with van der Waals surface area (Å²) in [6, 6.07) is 18.5. The molecule has 0 aliphatic rings. The summed E-state index contributed by atoms with van der Waals surface area (Å²) in [6.45, 7) is 0. The number of para-hydroxylation sites is 1. The highest BCUT2D eigenvalue weighted by Gasteiger charge is 2.08. The second-order valence-corrected chi connectivity index (χ2v) is 8.32. The Bertz CT molecular complexity index is 858. The predicted molar refractivity (Wildman–Crippen MR) is 118 cm³/mol. The van der Waals surface area contributed by atoms with Gasteiger partial charge in [0.2, 0.25) is 5.91 Å². The number of nitrogens with one attached hydrogen (secondary N) is 1. The number of anilines is 2. The van der Waals surface area contributed by atoms with Gasteiger partial charge in [0.05, 0.1) is 5.69 Å². The fourth-order valence-electron chi connectivity index (χ4n) is 2.66. The number of carbonyl (C=O) groups excluding carboxylic acids is 1. The average Bonchev–Trinajstić information content (AvgIpc) is 3.19. The second-order valence-electron chi connectivity index (χ2n) is 6.53. The van der Waals surface area contributed by atoms with Gasteiger partial charge in [0.15, 0.2) is 0 Å². The Morgan fingerprint density at radius 3 is 2.52 bits per heavy atom. The predicted octanol–water partition coefficient (Wildman–Crippen LogP) is 5.68. The van der Waals surface area contributed by atoms with Gasteiger partial charge in [-0.3, -0.25) is 4.79 Å². The Kier molecular flexibility index (Phi) is 6.96. The number of aryl methyl sites for hydroxylation is 1. The van der Waals surface area contributed by atoms with Crippen LogP contribution in [0.4, 0.5) is 11.4 Å². The van der Waals surface area contributed by atoms with Crippen molar-refractivity contribution in [2.75, 3.05) is 24.3 Å². The van der Waals surface area contributed by atoms with Crippen LogP contribution in [-0.2, 0) is 17.0 Å². The van der Waals surface area contributed by atoms with Gasteiger partial charge in [0.25, 0.3) is 0 Å². The molecule has 3 nitrogen and oxygen atoms in total. The van der Waals surface area contributed by atoms with Crippen LogP contribution in [0.3, 0.4) is 0 Å². The maximum atomic E-state index is 12.4. The van der Waals surface area contributed by atoms with Crippen molar-refractivity contribution in [3.63, 3.8) is 0 Å². The molecule has 0 saturated carbocycles. The molecule has 0 fully saturated rings. The summed E-state index contributed by atoms with van der Waals surface area (Å²) < 4.78 is 0. The third-order valence-corrected chi connectivity index (χ3v) is 6.11. The topological polar surface area (TPSA) is 32.3 Å². The number of thiophene rings is 1. The molecule has 0 aliphatic heterocycles. The first-order valence-electron chi connectivity index (χ1n) is 8.91. The standard InChI is InChI=1S/C22H24N2OS2/c1-24(2)19-10-7-17(8-11-19)9-12-22(25)23-20-5-3-4-6-21(20)27-16-18-13-14-26-15-18/h3-8,10-11,13-15H,9,12,16H2,1-2H3,(H,23,25).